The second-order valence-electron chi connectivity index (χ2n) is 4.79. The maximum atomic E-state index is 5.46. The fourth-order valence-corrected chi connectivity index (χ4v) is 1.94. The van der Waals surface area contributed by atoms with Gasteiger partial charge < -0.3 is 9.80 Å². The van der Waals surface area contributed by atoms with Crippen LogP contribution in [0.3, 0.4) is 0 Å². The summed E-state index contributed by atoms with van der Waals surface area (Å²) in [4.78, 5) is 15.6. The number of nitrogens with zero attached hydrogens (tertiary/aromatic N) is 2. The van der Waals surface area contributed by atoms with Crippen LogP contribution in [0.15, 0.2) is 0 Å². The van der Waals surface area contributed by atoms with Crippen LogP contribution in [-0.4, -0.2) is 61.3 Å². The summed E-state index contributed by atoms with van der Waals surface area (Å²) in [6.45, 7) is 18.8. The van der Waals surface area contributed by atoms with E-state index in [-0.39, 0.29) is 12.2 Å². The smallest absolute Gasteiger partial charge is 0.103 e. The fraction of sp³-hybridized carbons (Fsp3) is 1.00. The molecule has 0 saturated heterocycles. The highest BCUT2D eigenvalue weighted by Gasteiger charge is 2.12. The monoisotopic (exact) mass is 260 g/mol. The molecule has 0 amide bonds. The van der Waals surface area contributed by atoms with Gasteiger partial charge in [0.15, 0.2) is 0 Å². The van der Waals surface area contributed by atoms with Crippen molar-refractivity contribution in [2.75, 3.05) is 39.3 Å². The molecule has 0 aliphatic carbocycles. The molecule has 0 aromatic rings. The molecule has 0 rings (SSSR count). The van der Waals surface area contributed by atoms with Crippen LogP contribution in [0.25, 0.3) is 0 Å². The fourth-order valence-electron chi connectivity index (χ4n) is 1.94. The first kappa shape index (κ1) is 17.8. The lowest BCUT2D eigenvalue weighted by Crippen LogP contribution is -2.35. The number of hydrogen-bond acceptors (Lipinski definition) is 4. The minimum Gasteiger partial charge on any atom is -0.301 e. The van der Waals surface area contributed by atoms with Gasteiger partial charge in [0.25, 0.3) is 0 Å². The molecule has 18 heavy (non-hydrogen) atoms. The molecule has 0 aliphatic rings. The van der Waals surface area contributed by atoms with Gasteiger partial charge in [-0.25, -0.2) is 9.78 Å². The largest absolute Gasteiger partial charge is 0.301 e. The molecule has 2 unspecified atom stereocenters. The van der Waals surface area contributed by atoms with Gasteiger partial charge in [-0.2, -0.15) is 0 Å². The van der Waals surface area contributed by atoms with Crippen LogP contribution in [0.5, 0.6) is 0 Å². The number of rotatable bonds is 11. The second-order valence-corrected chi connectivity index (χ2v) is 4.79. The van der Waals surface area contributed by atoms with E-state index in [0.717, 1.165) is 39.3 Å². The van der Waals surface area contributed by atoms with Crippen molar-refractivity contribution in [1.82, 2.24) is 9.80 Å². The minimum atomic E-state index is 0.115. The first-order valence-corrected chi connectivity index (χ1v) is 7.34. The van der Waals surface area contributed by atoms with Crippen molar-refractivity contribution in [3.05, 3.63) is 0 Å². The van der Waals surface area contributed by atoms with Gasteiger partial charge >= 0.3 is 0 Å². The highest BCUT2D eigenvalue weighted by atomic mass is 17.2. The van der Waals surface area contributed by atoms with Crippen molar-refractivity contribution in [1.29, 1.82) is 0 Å². The lowest BCUT2D eigenvalue weighted by Gasteiger charge is -2.25. The topological polar surface area (TPSA) is 24.9 Å². The van der Waals surface area contributed by atoms with Crippen molar-refractivity contribution in [3.63, 3.8) is 0 Å². The molecule has 0 saturated carbocycles. The molecule has 0 aliphatic heterocycles. The van der Waals surface area contributed by atoms with Gasteiger partial charge in [0.05, 0.1) is 0 Å². The quantitative estimate of drug-likeness (QED) is 0.421. The molecular weight excluding hydrogens is 228 g/mol. The third-order valence-corrected chi connectivity index (χ3v) is 3.20. The van der Waals surface area contributed by atoms with Gasteiger partial charge in [-0.3, -0.25) is 0 Å². The molecule has 0 aromatic heterocycles. The summed E-state index contributed by atoms with van der Waals surface area (Å²) in [5.41, 5.74) is 0. The normalized spacial score (nSPS) is 15.3. The molecule has 2 atom stereocenters. The molecule has 110 valence electrons. The van der Waals surface area contributed by atoms with Gasteiger partial charge in [0.1, 0.15) is 12.2 Å². The molecule has 4 heteroatoms. The van der Waals surface area contributed by atoms with Crippen molar-refractivity contribution in [2.45, 2.75) is 53.8 Å². The summed E-state index contributed by atoms with van der Waals surface area (Å²) in [6, 6.07) is 0. The molecule has 4 nitrogen and oxygen atoms in total. The Hall–Kier alpha value is -0.160. The Morgan fingerprint density at radius 2 is 0.944 bits per heavy atom. The Morgan fingerprint density at radius 3 is 1.17 bits per heavy atom. The highest BCUT2D eigenvalue weighted by molar-refractivity contribution is 4.59. The number of likely N-dealkylation sites (N-methyl/N-ethyl adjacent to an activating group) is 2. The van der Waals surface area contributed by atoms with Crippen molar-refractivity contribution in [3.8, 4) is 0 Å². The zero-order chi connectivity index (χ0) is 14.0. The zero-order valence-electron chi connectivity index (χ0n) is 13.1. The third-order valence-electron chi connectivity index (χ3n) is 3.20. The van der Waals surface area contributed by atoms with E-state index in [1.165, 1.54) is 0 Å². The van der Waals surface area contributed by atoms with Crippen LogP contribution in [0.4, 0.5) is 0 Å². The highest BCUT2D eigenvalue weighted by Crippen LogP contribution is 2.02. The third kappa shape index (κ3) is 8.03. The molecule has 0 bridgehead atoms. The maximum Gasteiger partial charge on any atom is 0.103 e. The van der Waals surface area contributed by atoms with Gasteiger partial charge in [0.2, 0.25) is 0 Å². The van der Waals surface area contributed by atoms with Crippen LogP contribution in [-0.2, 0) is 9.78 Å². The average Bonchev–Trinajstić information content (AvgIpc) is 2.39. The first-order valence-electron chi connectivity index (χ1n) is 7.34. The second kappa shape index (κ2) is 10.7. The zero-order valence-corrected chi connectivity index (χ0v) is 13.1. The van der Waals surface area contributed by atoms with Crippen molar-refractivity contribution in [2.24, 2.45) is 0 Å². The average molecular weight is 260 g/mol. The Morgan fingerprint density at radius 1 is 0.667 bits per heavy atom. The Labute approximate surface area is 113 Å². The molecule has 0 radical (unpaired) electrons. The summed E-state index contributed by atoms with van der Waals surface area (Å²) < 4.78 is 0. The SMILES string of the molecule is CCN(CC)CC(C)OOC(C)CN(CC)CC. The standard InChI is InChI=1S/C14H32N2O2/c1-7-15(8-2)11-13(5)17-18-14(6)12-16(9-3)10-4/h13-14H,7-12H2,1-6H3. The van der Waals surface area contributed by atoms with Crippen LogP contribution < -0.4 is 0 Å². The van der Waals surface area contributed by atoms with Crippen LogP contribution in [0.1, 0.15) is 41.5 Å². The summed E-state index contributed by atoms with van der Waals surface area (Å²) in [5, 5.41) is 0. The van der Waals surface area contributed by atoms with E-state index in [2.05, 4.69) is 51.3 Å². The van der Waals surface area contributed by atoms with E-state index < -0.39 is 0 Å². The Bertz CT molecular complexity index is 163. The van der Waals surface area contributed by atoms with Gasteiger partial charge in [-0.15, -0.1) is 0 Å². The van der Waals surface area contributed by atoms with Crippen LogP contribution >= 0.6 is 0 Å². The summed E-state index contributed by atoms with van der Waals surface area (Å²) in [5.74, 6) is 0. The molecule has 0 heterocycles. The molecule has 0 spiro atoms. The van der Waals surface area contributed by atoms with Crippen molar-refractivity contribution < 1.29 is 9.78 Å². The minimum absolute atomic E-state index is 0.115. The van der Waals surface area contributed by atoms with E-state index >= 15 is 0 Å². The van der Waals surface area contributed by atoms with Crippen molar-refractivity contribution >= 4 is 0 Å². The van der Waals surface area contributed by atoms with E-state index in [4.69, 9.17) is 9.78 Å². The molecule has 0 aromatic carbocycles. The lowest BCUT2D eigenvalue weighted by atomic mass is 10.3. The van der Waals surface area contributed by atoms with E-state index in [1.54, 1.807) is 0 Å². The van der Waals surface area contributed by atoms with Gasteiger partial charge in [0, 0.05) is 13.1 Å². The van der Waals surface area contributed by atoms with Gasteiger partial charge in [-0.1, -0.05) is 27.7 Å². The summed E-state index contributed by atoms with van der Waals surface area (Å²) >= 11 is 0. The van der Waals surface area contributed by atoms with E-state index in [0.29, 0.717) is 0 Å². The Balaban J connectivity index is 3.79. The van der Waals surface area contributed by atoms with Crippen LogP contribution in [0, 0.1) is 0 Å². The van der Waals surface area contributed by atoms with Crippen LogP contribution in [0.2, 0.25) is 0 Å². The predicted molar refractivity (Wildman–Crippen MR) is 76.7 cm³/mol. The molecule has 0 N–H and O–H groups in total. The molecular formula is C14H32N2O2. The maximum absolute atomic E-state index is 5.46. The first-order chi connectivity index (χ1) is 8.57. The Kier molecular flexibility index (Phi) is 10.6. The predicted octanol–water partition coefficient (Wildman–Crippen LogP) is 2.40. The number of hydrogen-bond donors (Lipinski definition) is 0. The summed E-state index contributed by atoms with van der Waals surface area (Å²) in [6.07, 6.45) is 0.230. The molecule has 0 fully saturated rings. The van der Waals surface area contributed by atoms with Gasteiger partial charge in [-0.05, 0) is 40.0 Å². The summed E-state index contributed by atoms with van der Waals surface area (Å²) in [7, 11) is 0. The van der Waals surface area contributed by atoms with E-state index in [1.807, 2.05) is 0 Å². The lowest BCUT2D eigenvalue weighted by molar-refractivity contribution is -0.347. The van der Waals surface area contributed by atoms with E-state index in [9.17, 15) is 0 Å².